The van der Waals surface area contributed by atoms with Gasteiger partial charge >= 0.3 is 0 Å². The third-order valence-corrected chi connectivity index (χ3v) is 5.76. The highest BCUT2D eigenvalue weighted by molar-refractivity contribution is 8.00. The summed E-state index contributed by atoms with van der Waals surface area (Å²) in [5.74, 6) is 1.16. The molecule has 0 aliphatic heterocycles. The maximum absolute atomic E-state index is 12.6. The summed E-state index contributed by atoms with van der Waals surface area (Å²) in [6.45, 7) is 0. The largest absolute Gasteiger partial charge is 0.388 e. The molecule has 6 heteroatoms. The van der Waals surface area contributed by atoms with E-state index in [9.17, 15) is 9.90 Å². The minimum absolute atomic E-state index is 0.137. The minimum atomic E-state index is -0.599. The molecule has 0 saturated heterocycles. The second-order valence-corrected chi connectivity index (χ2v) is 8.05. The summed E-state index contributed by atoms with van der Waals surface area (Å²) in [4.78, 5) is 12.6. The highest BCUT2D eigenvalue weighted by Crippen LogP contribution is 2.25. The number of thioether (sulfide) groups is 1. The Bertz CT molecular complexity index is 1120. The topological polar surface area (TPSA) is 67.2 Å². The Kier molecular flexibility index (Phi) is 6.82. The van der Waals surface area contributed by atoms with Crippen molar-refractivity contribution in [3.63, 3.8) is 0 Å². The van der Waals surface area contributed by atoms with Crippen molar-refractivity contribution in [3.05, 3.63) is 103 Å². The van der Waals surface area contributed by atoms with Crippen LogP contribution in [0, 0.1) is 0 Å². The van der Waals surface area contributed by atoms with E-state index in [1.54, 1.807) is 4.68 Å². The van der Waals surface area contributed by atoms with Crippen LogP contribution in [0.4, 0.5) is 5.82 Å². The monoisotopic (exact) mass is 429 g/mol. The van der Waals surface area contributed by atoms with Gasteiger partial charge in [-0.1, -0.05) is 78.9 Å². The molecule has 1 aromatic heterocycles. The van der Waals surface area contributed by atoms with Crippen molar-refractivity contribution in [3.8, 4) is 16.9 Å². The van der Waals surface area contributed by atoms with Crippen molar-refractivity contribution in [2.24, 2.45) is 0 Å². The molecule has 1 amide bonds. The zero-order valence-electron chi connectivity index (χ0n) is 16.9. The van der Waals surface area contributed by atoms with Crippen molar-refractivity contribution >= 4 is 23.5 Å². The standard InChI is InChI=1S/C25H23N3O2S/c29-23(20-12-6-2-7-13-20)17-31-18-25(30)26-24-16-22(19-10-4-1-5-11-19)27-28(24)21-14-8-3-9-15-21/h1-16,23,29H,17-18H2,(H,26,30). The fraction of sp³-hybridized carbons (Fsp3) is 0.120. The maximum atomic E-state index is 12.6. The lowest BCUT2D eigenvalue weighted by Crippen LogP contribution is -2.17. The Morgan fingerprint density at radius 1 is 0.935 bits per heavy atom. The van der Waals surface area contributed by atoms with E-state index in [0.29, 0.717) is 11.6 Å². The van der Waals surface area contributed by atoms with Crippen molar-refractivity contribution in [2.45, 2.75) is 6.10 Å². The van der Waals surface area contributed by atoms with Gasteiger partial charge in [0, 0.05) is 17.4 Å². The molecule has 0 fully saturated rings. The number of aromatic nitrogens is 2. The van der Waals surface area contributed by atoms with Crippen molar-refractivity contribution < 1.29 is 9.90 Å². The van der Waals surface area contributed by atoms with Crippen LogP contribution in [0.3, 0.4) is 0 Å². The normalized spacial score (nSPS) is 11.8. The van der Waals surface area contributed by atoms with Crippen LogP contribution in [-0.2, 0) is 4.79 Å². The second-order valence-electron chi connectivity index (χ2n) is 7.02. The first-order chi connectivity index (χ1) is 15.2. The molecule has 0 radical (unpaired) electrons. The predicted molar refractivity (Wildman–Crippen MR) is 126 cm³/mol. The Hall–Kier alpha value is -3.35. The fourth-order valence-corrected chi connectivity index (χ4v) is 3.99. The van der Waals surface area contributed by atoms with Crippen LogP contribution < -0.4 is 5.32 Å². The molecule has 3 aromatic carbocycles. The molecule has 0 aliphatic rings. The van der Waals surface area contributed by atoms with E-state index in [-0.39, 0.29) is 11.7 Å². The van der Waals surface area contributed by atoms with Crippen molar-refractivity contribution in [1.82, 2.24) is 9.78 Å². The number of nitrogens with zero attached hydrogens (tertiary/aromatic N) is 2. The van der Waals surface area contributed by atoms with E-state index in [4.69, 9.17) is 5.10 Å². The summed E-state index contributed by atoms with van der Waals surface area (Å²) in [7, 11) is 0. The average Bonchev–Trinajstić information content (AvgIpc) is 3.24. The maximum Gasteiger partial charge on any atom is 0.235 e. The molecule has 2 N–H and O–H groups in total. The third-order valence-electron chi connectivity index (χ3n) is 4.74. The van der Waals surface area contributed by atoms with E-state index in [1.807, 2.05) is 97.1 Å². The van der Waals surface area contributed by atoms with Gasteiger partial charge in [-0.05, 0) is 17.7 Å². The van der Waals surface area contributed by atoms with Gasteiger partial charge in [0.05, 0.1) is 23.2 Å². The molecule has 31 heavy (non-hydrogen) atoms. The van der Waals surface area contributed by atoms with Gasteiger partial charge in [-0.3, -0.25) is 4.79 Å². The first kappa shape index (κ1) is 20.9. The van der Waals surface area contributed by atoms with Crippen LogP contribution in [0.2, 0.25) is 0 Å². The smallest absolute Gasteiger partial charge is 0.235 e. The summed E-state index contributed by atoms with van der Waals surface area (Å²) in [5, 5.41) is 18.0. The lowest BCUT2D eigenvalue weighted by molar-refractivity contribution is -0.113. The van der Waals surface area contributed by atoms with E-state index in [2.05, 4.69) is 5.32 Å². The average molecular weight is 430 g/mol. The molecule has 4 rings (SSSR count). The number of anilines is 1. The summed E-state index contributed by atoms with van der Waals surface area (Å²) >= 11 is 1.40. The van der Waals surface area contributed by atoms with E-state index in [0.717, 1.165) is 22.5 Å². The third kappa shape index (κ3) is 5.42. The molecule has 1 atom stereocenters. The van der Waals surface area contributed by atoms with Gasteiger partial charge in [0.25, 0.3) is 0 Å². The first-order valence-corrected chi connectivity index (χ1v) is 11.2. The van der Waals surface area contributed by atoms with Gasteiger partial charge in [-0.2, -0.15) is 5.10 Å². The van der Waals surface area contributed by atoms with Crippen molar-refractivity contribution in [1.29, 1.82) is 0 Å². The molecular weight excluding hydrogens is 406 g/mol. The van der Waals surface area contributed by atoms with Crippen LogP contribution in [0.5, 0.6) is 0 Å². The predicted octanol–water partition coefficient (Wildman–Crippen LogP) is 4.94. The van der Waals surface area contributed by atoms with Crippen LogP contribution in [0.1, 0.15) is 11.7 Å². The lowest BCUT2D eigenvalue weighted by atomic mass is 10.1. The Morgan fingerprint density at radius 3 is 2.23 bits per heavy atom. The first-order valence-electron chi connectivity index (χ1n) is 10.0. The molecule has 156 valence electrons. The van der Waals surface area contributed by atoms with Crippen LogP contribution in [0.15, 0.2) is 97.1 Å². The number of carbonyl (C=O) groups is 1. The number of hydrogen-bond acceptors (Lipinski definition) is 4. The van der Waals surface area contributed by atoms with Crippen molar-refractivity contribution in [2.75, 3.05) is 16.8 Å². The molecule has 4 aromatic rings. The summed E-state index contributed by atoms with van der Waals surface area (Å²) < 4.78 is 1.74. The highest BCUT2D eigenvalue weighted by Gasteiger charge is 2.14. The van der Waals surface area contributed by atoms with Crippen LogP contribution >= 0.6 is 11.8 Å². The van der Waals surface area contributed by atoms with Gasteiger partial charge in [-0.25, -0.2) is 4.68 Å². The number of rotatable bonds is 8. The highest BCUT2D eigenvalue weighted by atomic mass is 32.2. The number of amides is 1. The molecule has 1 unspecified atom stereocenters. The Balaban J connectivity index is 1.45. The molecule has 0 saturated carbocycles. The second kappa shape index (κ2) is 10.1. The number of para-hydroxylation sites is 1. The number of carbonyl (C=O) groups excluding carboxylic acids is 1. The summed E-state index contributed by atoms with van der Waals surface area (Å²) in [6.07, 6.45) is -0.599. The molecule has 0 aliphatic carbocycles. The van der Waals surface area contributed by atoms with Gasteiger partial charge in [0.2, 0.25) is 5.91 Å². The number of nitrogens with one attached hydrogen (secondary N) is 1. The van der Waals surface area contributed by atoms with Crippen LogP contribution in [0.25, 0.3) is 16.9 Å². The molecular formula is C25H23N3O2S. The summed E-state index contributed by atoms with van der Waals surface area (Å²) in [6, 6.07) is 30.9. The quantitative estimate of drug-likeness (QED) is 0.416. The Morgan fingerprint density at radius 2 is 1.55 bits per heavy atom. The SMILES string of the molecule is O=C(CSCC(O)c1ccccc1)Nc1cc(-c2ccccc2)nn1-c1ccccc1. The lowest BCUT2D eigenvalue weighted by Gasteiger charge is -2.11. The van der Waals surface area contributed by atoms with Crippen LogP contribution in [-0.4, -0.2) is 32.3 Å². The van der Waals surface area contributed by atoms with Gasteiger partial charge in [0.15, 0.2) is 0 Å². The number of aliphatic hydroxyl groups excluding tert-OH is 1. The summed E-state index contributed by atoms with van der Waals surface area (Å²) in [5.41, 5.74) is 3.48. The van der Waals surface area contributed by atoms with E-state index >= 15 is 0 Å². The molecule has 5 nitrogen and oxygen atoms in total. The number of benzene rings is 3. The molecule has 0 spiro atoms. The molecule has 0 bridgehead atoms. The zero-order valence-corrected chi connectivity index (χ0v) is 17.7. The van der Waals surface area contributed by atoms with Gasteiger partial charge in [-0.15, -0.1) is 11.8 Å². The van der Waals surface area contributed by atoms with E-state index < -0.39 is 6.10 Å². The van der Waals surface area contributed by atoms with Gasteiger partial charge < -0.3 is 10.4 Å². The minimum Gasteiger partial charge on any atom is -0.388 e. The fourth-order valence-electron chi connectivity index (χ4n) is 3.20. The molecule has 1 heterocycles. The Labute approximate surface area is 185 Å². The van der Waals surface area contributed by atoms with Gasteiger partial charge in [0.1, 0.15) is 5.82 Å². The number of aliphatic hydroxyl groups is 1. The number of hydrogen-bond donors (Lipinski definition) is 2. The zero-order chi connectivity index (χ0) is 21.5. The van der Waals surface area contributed by atoms with E-state index in [1.165, 1.54) is 11.8 Å².